The lowest BCUT2D eigenvalue weighted by Crippen LogP contribution is -2.44. The maximum Gasteiger partial charge on any atom is 0.257 e. The van der Waals surface area contributed by atoms with E-state index in [1.54, 1.807) is 16.7 Å². The van der Waals surface area contributed by atoms with E-state index in [1.807, 2.05) is 0 Å². The van der Waals surface area contributed by atoms with Crippen molar-refractivity contribution in [2.75, 3.05) is 46.1 Å². The van der Waals surface area contributed by atoms with Crippen molar-refractivity contribution in [3.8, 4) is 11.4 Å². The number of hydrogen-bond acceptors (Lipinski definition) is 8. The van der Waals surface area contributed by atoms with Crippen molar-refractivity contribution in [2.24, 2.45) is 0 Å². The third-order valence-corrected chi connectivity index (χ3v) is 7.03. The minimum Gasteiger partial charge on any atom is -0.396 e. The van der Waals surface area contributed by atoms with Crippen LogP contribution in [0.2, 0.25) is 0 Å². The number of carbonyl (C=O) groups is 1. The zero-order chi connectivity index (χ0) is 24.9. The minimum absolute atomic E-state index is 0.0407. The van der Waals surface area contributed by atoms with Gasteiger partial charge in [0.2, 0.25) is 0 Å². The van der Waals surface area contributed by atoms with E-state index in [9.17, 15) is 19.1 Å². The number of nitrogen functional groups attached to an aromatic ring is 1. The van der Waals surface area contributed by atoms with Gasteiger partial charge in [-0.3, -0.25) is 9.69 Å². The average molecular weight is 482 g/mol. The predicted octanol–water partition coefficient (Wildman–Crippen LogP) is 1.27. The van der Waals surface area contributed by atoms with Crippen molar-refractivity contribution in [2.45, 2.75) is 25.8 Å². The lowest BCUT2D eigenvalue weighted by molar-refractivity contribution is -0.115. The molecule has 0 saturated carbocycles. The van der Waals surface area contributed by atoms with Gasteiger partial charge >= 0.3 is 0 Å². The van der Waals surface area contributed by atoms with Crippen molar-refractivity contribution >= 4 is 22.9 Å². The van der Waals surface area contributed by atoms with Crippen LogP contribution in [0.25, 0.3) is 22.3 Å². The number of aldehydes is 1. The first kappa shape index (κ1) is 23.6. The number of carbonyl (C=O) groups excluding carboxylic acids is 1. The van der Waals surface area contributed by atoms with Gasteiger partial charge in [0.05, 0.1) is 35.7 Å². The van der Waals surface area contributed by atoms with Crippen molar-refractivity contribution in [3.05, 3.63) is 56.6 Å². The summed E-state index contributed by atoms with van der Waals surface area (Å²) in [4.78, 5) is 34.1. The molecule has 1 fully saturated rings. The lowest BCUT2D eigenvalue weighted by atomic mass is 9.98. The molecule has 0 bridgehead atoms. The molecule has 184 valence electrons. The van der Waals surface area contributed by atoms with Crippen LogP contribution >= 0.6 is 0 Å². The first-order chi connectivity index (χ1) is 16.8. The van der Waals surface area contributed by atoms with Gasteiger partial charge in [0.1, 0.15) is 11.9 Å². The molecule has 2 aliphatic rings. The molecule has 3 N–H and O–H groups in total. The Kier molecular flexibility index (Phi) is 6.14. The Hall–Kier alpha value is -3.18. The Morgan fingerprint density at radius 1 is 1.23 bits per heavy atom. The number of aromatic nitrogens is 2. The number of hydrogen-bond donors (Lipinski definition) is 2. The SMILES string of the molecule is COCc1c(C(O)C=O)cc2n(c1=O)Cc1c-2nc2cc(F)c(N)cc2c1CN1CCN(C)CC1. The maximum absolute atomic E-state index is 14.4. The van der Waals surface area contributed by atoms with Gasteiger partial charge in [0.25, 0.3) is 5.56 Å². The molecule has 1 unspecified atom stereocenters. The van der Waals surface area contributed by atoms with Gasteiger partial charge in [-0.15, -0.1) is 0 Å². The number of aliphatic hydroxyl groups is 1. The first-order valence-electron chi connectivity index (χ1n) is 11.5. The number of nitrogens with zero attached hydrogens (tertiary/aromatic N) is 4. The van der Waals surface area contributed by atoms with E-state index in [4.69, 9.17) is 15.5 Å². The molecule has 2 aromatic heterocycles. The molecule has 0 spiro atoms. The summed E-state index contributed by atoms with van der Waals surface area (Å²) in [6, 6.07) is 4.56. The summed E-state index contributed by atoms with van der Waals surface area (Å²) >= 11 is 0. The number of halogens is 1. The number of nitrogens with two attached hydrogens (primary N) is 1. The summed E-state index contributed by atoms with van der Waals surface area (Å²) in [6.45, 7) is 4.49. The highest BCUT2D eigenvalue weighted by atomic mass is 19.1. The van der Waals surface area contributed by atoms with Crippen LogP contribution in [0, 0.1) is 5.82 Å². The Morgan fingerprint density at radius 2 is 1.97 bits per heavy atom. The number of anilines is 1. The van der Waals surface area contributed by atoms with Crippen LogP contribution in [0.3, 0.4) is 0 Å². The molecule has 5 rings (SSSR count). The molecule has 1 aromatic carbocycles. The summed E-state index contributed by atoms with van der Waals surface area (Å²) in [5, 5.41) is 11.1. The Labute approximate surface area is 201 Å². The van der Waals surface area contributed by atoms with Gasteiger partial charge in [-0.1, -0.05) is 0 Å². The number of aliphatic hydroxyl groups excluding tert-OH is 1. The zero-order valence-corrected chi connectivity index (χ0v) is 19.8. The second-order valence-corrected chi connectivity index (χ2v) is 9.26. The molecular weight excluding hydrogens is 453 g/mol. The van der Waals surface area contributed by atoms with Gasteiger partial charge in [-0.05, 0) is 24.7 Å². The van der Waals surface area contributed by atoms with E-state index in [0.29, 0.717) is 29.7 Å². The van der Waals surface area contributed by atoms with Crippen molar-refractivity contribution in [1.82, 2.24) is 19.4 Å². The lowest BCUT2D eigenvalue weighted by Gasteiger charge is -2.33. The second-order valence-electron chi connectivity index (χ2n) is 9.26. The fourth-order valence-corrected chi connectivity index (χ4v) is 5.05. The summed E-state index contributed by atoms with van der Waals surface area (Å²) in [5.74, 6) is -0.557. The van der Waals surface area contributed by atoms with Crippen molar-refractivity contribution in [1.29, 1.82) is 0 Å². The molecule has 2 aliphatic heterocycles. The fourth-order valence-electron chi connectivity index (χ4n) is 5.05. The summed E-state index contributed by atoms with van der Waals surface area (Å²) in [7, 11) is 3.54. The van der Waals surface area contributed by atoms with Crippen LogP contribution in [-0.2, 0) is 29.2 Å². The van der Waals surface area contributed by atoms with Crippen molar-refractivity contribution < 1.29 is 19.0 Å². The molecule has 0 radical (unpaired) electrons. The molecule has 1 atom stereocenters. The molecule has 3 aromatic rings. The Morgan fingerprint density at radius 3 is 2.66 bits per heavy atom. The zero-order valence-electron chi connectivity index (χ0n) is 19.8. The molecule has 0 aliphatic carbocycles. The van der Waals surface area contributed by atoms with E-state index >= 15 is 0 Å². The highest BCUT2D eigenvalue weighted by Crippen LogP contribution is 2.38. The Bertz CT molecular complexity index is 1380. The molecule has 10 heteroatoms. The van der Waals surface area contributed by atoms with Crippen molar-refractivity contribution in [3.63, 3.8) is 0 Å². The summed E-state index contributed by atoms with van der Waals surface area (Å²) < 4.78 is 21.2. The molecule has 1 saturated heterocycles. The van der Waals surface area contributed by atoms with Crippen LogP contribution in [0.5, 0.6) is 0 Å². The fraction of sp³-hybridized carbons (Fsp3) is 0.400. The number of fused-ring (bicyclic) bond motifs is 4. The summed E-state index contributed by atoms with van der Waals surface area (Å²) in [5.41, 5.74) is 9.34. The molecule has 4 heterocycles. The van der Waals surface area contributed by atoms with Crippen LogP contribution in [0.15, 0.2) is 23.0 Å². The number of piperazine rings is 1. The number of methoxy groups -OCH3 is 1. The van der Waals surface area contributed by atoms with Gasteiger partial charge in [0, 0.05) is 68.0 Å². The smallest absolute Gasteiger partial charge is 0.257 e. The monoisotopic (exact) mass is 481 g/mol. The van der Waals surface area contributed by atoms with E-state index in [2.05, 4.69) is 16.8 Å². The third-order valence-electron chi connectivity index (χ3n) is 7.03. The van der Waals surface area contributed by atoms with E-state index < -0.39 is 11.9 Å². The number of pyridine rings is 2. The van der Waals surface area contributed by atoms with E-state index in [0.717, 1.165) is 42.7 Å². The van der Waals surface area contributed by atoms with Crippen LogP contribution in [0.1, 0.15) is 28.4 Å². The highest BCUT2D eigenvalue weighted by Gasteiger charge is 2.30. The average Bonchev–Trinajstić information content (AvgIpc) is 3.21. The number of benzene rings is 1. The second kappa shape index (κ2) is 9.12. The molecule has 35 heavy (non-hydrogen) atoms. The third kappa shape index (κ3) is 4.02. The van der Waals surface area contributed by atoms with E-state index in [-0.39, 0.29) is 35.5 Å². The van der Waals surface area contributed by atoms with Gasteiger partial charge < -0.3 is 29.8 Å². The largest absolute Gasteiger partial charge is 0.396 e. The van der Waals surface area contributed by atoms with Gasteiger partial charge in [-0.2, -0.15) is 0 Å². The number of likely N-dealkylation sites (N-methyl/N-ethyl adjacent to an activating group) is 1. The topological polar surface area (TPSA) is 114 Å². The van der Waals surface area contributed by atoms with Crippen LogP contribution < -0.4 is 11.3 Å². The first-order valence-corrected chi connectivity index (χ1v) is 11.5. The minimum atomic E-state index is -1.47. The number of ether oxygens (including phenoxy) is 1. The normalized spacial score (nSPS) is 16.9. The quantitative estimate of drug-likeness (QED) is 0.313. The van der Waals surface area contributed by atoms with E-state index in [1.165, 1.54) is 13.2 Å². The maximum atomic E-state index is 14.4. The predicted molar refractivity (Wildman–Crippen MR) is 129 cm³/mol. The van der Waals surface area contributed by atoms with Crippen LogP contribution in [-0.4, -0.2) is 71.1 Å². The van der Waals surface area contributed by atoms with Gasteiger partial charge in [0.15, 0.2) is 6.29 Å². The molecule has 0 amide bonds. The van der Waals surface area contributed by atoms with Crippen LogP contribution in [0.4, 0.5) is 10.1 Å². The highest BCUT2D eigenvalue weighted by molar-refractivity contribution is 5.90. The standard InChI is InChI=1S/C25H28FN5O4/c1-29-3-5-30(6-4-29)10-16-14-7-20(27)19(26)9-21(14)28-24-17(16)11-31-22(24)8-15(23(33)12-32)18(13-35-2)25(31)34/h7-9,12,23,33H,3-6,10-11,13,27H2,1-2H3. The molecule has 9 nitrogen and oxygen atoms in total. The molecular formula is C25H28FN5O4. The van der Waals surface area contributed by atoms with Gasteiger partial charge in [-0.25, -0.2) is 9.37 Å². The number of rotatable bonds is 6. The Balaban J connectivity index is 1.72. The summed E-state index contributed by atoms with van der Waals surface area (Å²) in [6.07, 6.45) is -1.09.